The van der Waals surface area contributed by atoms with Gasteiger partial charge in [0.15, 0.2) is 0 Å². The smallest absolute Gasteiger partial charge is 0.326 e. The van der Waals surface area contributed by atoms with Crippen molar-refractivity contribution >= 4 is 17.9 Å². The average molecular weight is 353 g/mol. The Morgan fingerprint density at radius 1 is 1.15 bits per heavy atom. The number of nitrogens with one attached hydrogen (secondary N) is 1. The van der Waals surface area contributed by atoms with Crippen molar-refractivity contribution in [3.05, 3.63) is 66.0 Å². The number of ether oxygens (including phenoxy) is 1. The van der Waals surface area contributed by atoms with Gasteiger partial charge in [-0.2, -0.15) is 0 Å². The molecule has 7 nitrogen and oxygen atoms in total. The molecule has 0 radical (unpaired) electrons. The standard InChI is InChI=1S/C19H19N3O4/c1-2-19(14-8-4-3-5-9-14)17(24)22(18(25)21-19)12-16(23)26-13-15-10-6-7-11-20-15/h3-11H,2,12-13H2,1H3,(H,21,25). The first-order valence-corrected chi connectivity index (χ1v) is 8.32. The molecule has 0 aliphatic carbocycles. The minimum absolute atomic E-state index is 0.0130. The van der Waals surface area contributed by atoms with Crippen LogP contribution in [0.15, 0.2) is 54.7 Å². The van der Waals surface area contributed by atoms with Crippen molar-refractivity contribution in [3.8, 4) is 0 Å². The minimum Gasteiger partial charge on any atom is -0.458 e. The summed E-state index contributed by atoms with van der Waals surface area (Å²) in [5, 5.41) is 2.73. The van der Waals surface area contributed by atoms with Crippen LogP contribution in [0.2, 0.25) is 0 Å². The molecule has 1 fully saturated rings. The number of rotatable bonds is 6. The van der Waals surface area contributed by atoms with Gasteiger partial charge in [0.1, 0.15) is 18.7 Å². The molecule has 134 valence electrons. The zero-order valence-electron chi connectivity index (χ0n) is 14.3. The normalized spacial score (nSPS) is 19.3. The maximum Gasteiger partial charge on any atom is 0.326 e. The van der Waals surface area contributed by atoms with E-state index < -0.39 is 30.0 Å². The van der Waals surface area contributed by atoms with Crippen molar-refractivity contribution in [1.82, 2.24) is 15.2 Å². The number of imide groups is 1. The fraction of sp³-hybridized carbons (Fsp3) is 0.263. The van der Waals surface area contributed by atoms with E-state index >= 15 is 0 Å². The van der Waals surface area contributed by atoms with E-state index in [1.54, 1.807) is 48.7 Å². The number of aromatic nitrogens is 1. The number of hydrogen-bond acceptors (Lipinski definition) is 5. The Morgan fingerprint density at radius 2 is 1.88 bits per heavy atom. The Bertz CT molecular complexity index is 810. The number of pyridine rings is 1. The lowest BCUT2D eigenvalue weighted by Crippen LogP contribution is -2.43. The largest absolute Gasteiger partial charge is 0.458 e. The maximum absolute atomic E-state index is 12.9. The molecule has 3 amide bonds. The topological polar surface area (TPSA) is 88.6 Å². The van der Waals surface area contributed by atoms with Gasteiger partial charge in [0.05, 0.1) is 5.69 Å². The van der Waals surface area contributed by atoms with Gasteiger partial charge in [-0.3, -0.25) is 19.5 Å². The summed E-state index contributed by atoms with van der Waals surface area (Å²) < 4.78 is 5.12. The van der Waals surface area contributed by atoms with Crippen LogP contribution in [0.3, 0.4) is 0 Å². The Morgan fingerprint density at radius 3 is 2.54 bits per heavy atom. The maximum atomic E-state index is 12.9. The molecular weight excluding hydrogens is 334 g/mol. The van der Waals surface area contributed by atoms with Gasteiger partial charge in [-0.05, 0) is 24.1 Å². The third-order valence-electron chi connectivity index (χ3n) is 4.37. The fourth-order valence-electron chi connectivity index (χ4n) is 2.94. The summed E-state index contributed by atoms with van der Waals surface area (Å²) in [6.45, 7) is 1.36. The first-order chi connectivity index (χ1) is 12.6. The Hall–Kier alpha value is -3.22. The van der Waals surface area contributed by atoms with Gasteiger partial charge in [0, 0.05) is 6.20 Å². The molecule has 1 unspecified atom stereocenters. The summed E-state index contributed by atoms with van der Waals surface area (Å²) in [5.41, 5.74) is 0.120. The van der Waals surface area contributed by atoms with E-state index in [0.717, 1.165) is 4.90 Å². The van der Waals surface area contributed by atoms with Gasteiger partial charge < -0.3 is 10.1 Å². The Labute approximate surface area is 151 Å². The molecule has 1 N–H and O–H groups in total. The molecule has 2 aromatic rings. The van der Waals surface area contributed by atoms with Crippen LogP contribution in [0.1, 0.15) is 24.6 Å². The average Bonchev–Trinajstić information content (AvgIpc) is 2.93. The molecule has 1 atom stereocenters. The second kappa shape index (κ2) is 7.35. The number of carbonyl (C=O) groups excluding carboxylic acids is 3. The summed E-state index contributed by atoms with van der Waals surface area (Å²) in [6, 6.07) is 13.7. The third-order valence-corrected chi connectivity index (χ3v) is 4.37. The number of amides is 3. The Kier molecular flexibility index (Phi) is 4.97. The molecule has 1 aromatic heterocycles. The zero-order chi connectivity index (χ0) is 18.6. The van der Waals surface area contributed by atoms with Crippen LogP contribution in [0, 0.1) is 0 Å². The molecule has 0 bridgehead atoms. The van der Waals surface area contributed by atoms with E-state index in [4.69, 9.17) is 4.74 Å². The first-order valence-electron chi connectivity index (χ1n) is 8.32. The SMILES string of the molecule is CCC1(c2ccccc2)NC(=O)N(CC(=O)OCc2ccccn2)C1=O. The molecule has 2 heterocycles. The second-order valence-corrected chi connectivity index (χ2v) is 5.93. The van der Waals surface area contributed by atoms with Crippen LogP contribution >= 0.6 is 0 Å². The highest BCUT2D eigenvalue weighted by atomic mass is 16.5. The lowest BCUT2D eigenvalue weighted by Gasteiger charge is -2.25. The van der Waals surface area contributed by atoms with Crippen LogP contribution < -0.4 is 5.32 Å². The van der Waals surface area contributed by atoms with Crippen molar-refractivity contribution in [2.24, 2.45) is 0 Å². The lowest BCUT2D eigenvalue weighted by molar-refractivity contribution is -0.149. The number of nitrogens with zero attached hydrogens (tertiary/aromatic N) is 2. The highest BCUT2D eigenvalue weighted by Gasteiger charge is 2.51. The van der Waals surface area contributed by atoms with Gasteiger partial charge in [0.25, 0.3) is 5.91 Å². The van der Waals surface area contributed by atoms with Crippen LogP contribution in [0.5, 0.6) is 0 Å². The van der Waals surface area contributed by atoms with Crippen molar-refractivity contribution in [2.45, 2.75) is 25.5 Å². The summed E-state index contributed by atoms with van der Waals surface area (Å²) in [4.78, 5) is 42.2. The van der Waals surface area contributed by atoms with E-state index in [1.165, 1.54) is 0 Å². The third kappa shape index (κ3) is 3.28. The molecule has 1 aromatic carbocycles. The van der Waals surface area contributed by atoms with Crippen LogP contribution in [-0.4, -0.2) is 34.3 Å². The lowest BCUT2D eigenvalue weighted by atomic mass is 9.87. The summed E-state index contributed by atoms with van der Waals surface area (Å²) in [5.74, 6) is -1.12. The van der Waals surface area contributed by atoms with E-state index in [0.29, 0.717) is 17.7 Å². The predicted molar refractivity (Wildman–Crippen MR) is 92.7 cm³/mol. The van der Waals surface area contributed by atoms with Crippen LogP contribution in [0.4, 0.5) is 4.79 Å². The van der Waals surface area contributed by atoms with E-state index in [2.05, 4.69) is 10.3 Å². The Balaban J connectivity index is 1.70. The zero-order valence-corrected chi connectivity index (χ0v) is 14.3. The number of urea groups is 1. The quantitative estimate of drug-likeness (QED) is 0.634. The molecule has 7 heteroatoms. The van der Waals surface area contributed by atoms with Crippen LogP contribution in [0.25, 0.3) is 0 Å². The first kappa shape index (κ1) is 17.6. The van der Waals surface area contributed by atoms with Crippen molar-refractivity contribution in [1.29, 1.82) is 0 Å². The number of benzene rings is 1. The molecule has 3 rings (SSSR count). The molecule has 0 saturated carbocycles. The molecular formula is C19H19N3O4. The minimum atomic E-state index is -1.15. The molecule has 1 aliphatic heterocycles. The van der Waals surface area contributed by atoms with Crippen molar-refractivity contribution < 1.29 is 19.1 Å². The number of hydrogen-bond donors (Lipinski definition) is 1. The van der Waals surface area contributed by atoms with E-state index in [9.17, 15) is 14.4 Å². The van der Waals surface area contributed by atoms with Crippen LogP contribution in [-0.2, 0) is 26.5 Å². The highest BCUT2D eigenvalue weighted by Crippen LogP contribution is 2.32. The number of esters is 1. The fourth-order valence-corrected chi connectivity index (χ4v) is 2.94. The summed E-state index contributed by atoms with van der Waals surface area (Å²) in [6.07, 6.45) is 1.97. The number of carbonyl (C=O) groups is 3. The second-order valence-electron chi connectivity index (χ2n) is 5.93. The van der Waals surface area contributed by atoms with E-state index in [-0.39, 0.29) is 6.61 Å². The molecule has 26 heavy (non-hydrogen) atoms. The van der Waals surface area contributed by atoms with E-state index in [1.807, 2.05) is 13.0 Å². The van der Waals surface area contributed by atoms with Crippen molar-refractivity contribution in [3.63, 3.8) is 0 Å². The van der Waals surface area contributed by atoms with Gasteiger partial charge in [-0.15, -0.1) is 0 Å². The van der Waals surface area contributed by atoms with Gasteiger partial charge in [-0.1, -0.05) is 43.3 Å². The van der Waals surface area contributed by atoms with Gasteiger partial charge in [0.2, 0.25) is 0 Å². The molecule has 0 spiro atoms. The summed E-state index contributed by atoms with van der Waals surface area (Å²) in [7, 11) is 0. The monoisotopic (exact) mass is 353 g/mol. The van der Waals surface area contributed by atoms with Gasteiger partial charge >= 0.3 is 12.0 Å². The molecule has 1 aliphatic rings. The highest BCUT2D eigenvalue weighted by molar-refractivity contribution is 6.09. The predicted octanol–water partition coefficient (Wildman–Crippen LogP) is 1.98. The van der Waals surface area contributed by atoms with Crippen molar-refractivity contribution in [2.75, 3.05) is 6.54 Å². The summed E-state index contributed by atoms with van der Waals surface area (Å²) >= 11 is 0. The van der Waals surface area contributed by atoms with Gasteiger partial charge in [-0.25, -0.2) is 4.79 Å². The molecule has 1 saturated heterocycles.